The molecule has 1 aromatic heterocycles. The minimum atomic E-state index is -4.52. The van der Waals surface area contributed by atoms with Crippen LogP contribution >= 0.6 is 0 Å². The van der Waals surface area contributed by atoms with Gasteiger partial charge in [0.2, 0.25) is 0 Å². The van der Waals surface area contributed by atoms with Gasteiger partial charge in [0, 0.05) is 18.3 Å². The Balaban J connectivity index is 2.59. The topological polar surface area (TPSA) is 40.5 Å². The summed E-state index contributed by atoms with van der Waals surface area (Å²) >= 11 is 0. The first-order valence-electron chi connectivity index (χ1n) is 5.89. The third kappa shape index (κ3) is 3.01. The SMILES string of the molecule is COc1ccc(-n2cc(C(F)(F)F)ccc2=O)cc1OC. The molecule has 21 heavy (non-hydrogen) atoms. The van der Waals surface area contributed by atoms with Crippen molar-refractivity contribution < 1.29 is 22.6 Å². The average molecular weight is 299 g/mol. The number of aromatic nitrogens is 1. The second kappa shape index (κ2) is 5.51. The quantitative estimate of drug-likeness (QED) is 0.875. The van der Waals surface area contributed by atoms with Gasteiger partial charge in [-0.25, -0.2) is 0 Å². The Labute approximate surface area is 118 Å². The molecule has 0 aliphatic carbocycles. The van der Waals surface area contributed by atoms with Crippen LogP contribution < -0.4 is 15.0 Å². The fourth-order valence-electron chi connectivity index (χ4n) is 1.83. The van der Waals surface area contributed by atoms with Crippen molar-refractivity contribution in [3.05, 3.63) is 52.4 Å². The van der Waals surface area contributed by atoms with Gasteiger partial charge in [-0.15, -0.1) is 0 Å². The molecule has 0 saturated heterocycles. The predicted molar refractivity (Wildman–Crippen MR) is 70.1 cm³/mol. The molecule has 0 atom stereocenters. The number of hydrogen-bond donors (Lipinski definition) is 0. The third-order valence-corrected chi connectivity index (χ3v) is 2.88. The molecule has 0 amide bonds. The van der Waals surface area contributed by atoms with E-state index < -0.39 is 17.3 Å². The Bertz CT molecular complexity index is 707. The number of alkyl halides is 3. The lowest BCUT2D eigenvalue weighted by molar-refractivity contribution is -0.138. The number of methoxy groups -OCH3 is 2. The van der Waals surface area contributed by atoms with Gasteiger partial charge in [0.15, 0.2) is 11.5 Å². The van der Waals surface area contributed by atoms with E-state index in [1.54, 1.807) is 0 Å². The van der Waals surface area contributed by atoms with E-state index in [0.29, 0.717) is 11.5 Å². The summed E-state index contributed by atoms with van der Waals surface area (Å²) in [6, 6.07) is 6.04. The van der Waals surface area contributed by atoms with Crippen molar-refractivity contribution >= 4 is 0 Å². The second-order valence-corrected chi connectivity index (χ2v) is 4.16. The number of pyridine rings is 1. The summed E-state index contributed by atoms with van der Waals surface area (Å²) in [6.45, 7) is 0. The zero-order chi connectivity index (χ0) is 15.6. The largest absolute Gasteiger partial charge is 0.493 e. The van der Waals surface area contributed by atoms with E-state index in [9.17, 15) is 18.0 Å². The molecule has 0 aliphatic rings. The van der Waals surface area contributed by atoms with E-state index in [2.05, 4.69) is 0 Å². The summed E-state index contributed by atoms with van der Waals surface area (Å²) in [5, 5.41) is 0. The molecule has 0 radical (unpaired) electrons. The van der Waals surface area contributed by atoms with Crippen molar-refractivity contribution in [2.75, 3.05) is 14.2 Å². The van der Waals surface area contributed by atoms with Gasteiger partial charge < -0.3 is 9.47 Å². The van der Waals surface area contributed by atoms with E-state index in [1.807, 2.05) is 0 Å². The number of hydrogen-bond acceptors (Lipinski definition) is 3. The van der Waals surface area contributed by atoms with Gasteiger partial charge in [0.25, 0.3) is 5.56 Å². The lowest BCUT2D eigenvalue weighted by Crippen LogP contribution is -2.19. The van der Waals surface area contributed by atoms with Gasteiger partial charge in [-0.05, 0) is 18.2 Å². The molecule has 0 unspecified atom stereocenters. The van der Waals surface area contributed by atoms with Crippen LogP contribution in [0.5, 0.6) is 11.5 Å². The van der Waals surface area contributed by atoms with Gasteiger partial charge in [-0.2, -0.15) is 13.2 Å². The van der Waals surface area contributed by atoms with Crippen molar-refractivity contribution in [3.63, 3.8) is 0 Å². The Morgan fingerprint density at radius 2 is 1.67 bits per heavy atom. The molecule has 0 aliphatic heterocycles. The maximum Gasteiger partial charge on any atom is 0.417 e. The van der Waals surface area contributed by atoms with Crippen LogP contribution in [-0.4, -0.2) is 18.8 Å². The average Bonchev–Trinajstić information content (AvgIpc) is 2.45. The minimum absolute atomic E-state index is 0.253. The summed E-state index contributed by atoms with van der Waals surface area (Å²) < 4.78 is 49.2. The lowest BCUT2D eigenvalue weighted by Gasteiger charge is -2.13. The zero-order valence-corrected chi connectivity index (χ0v) is 11.3. The van der Waals surface area contributed by atoms with E-state index in [0.717, 1.165) is 22.9 Å². The van der Waals surface area contributed by atoms with Crippen LogP contribution in [-0.2, 0) is 6.18 Å². The fourth-order valence-corrected chi connectivity index (χ4v) is 1.83. The van der Waals surface area contributed by atoms with Crippen molar-refractivity contribution in [2.24, 2.45) is 0 Å². The van der Waals surface area contributed by atoms with E-state index in [-0.39, 0.29) is 5.69 Å². The van der Waals surface area contributed by atoms with Crippen LogP contribution in [0.4, 0.5) is 13.2 Å². The van der Waals surface area contributed by atoms with Crippen molar-refractivity contribution in [3.8, 4) is 17.2 Å². The summed E-state index contributed by atoms with van der Waals surface area (Å²) in [5.41, 5.74) is -1.23. The molecule has 0 fully saturated rings. The predicted octanol–water partition coefficient (Wildman–Crippen LogP) is 2.87. The highest BCUT2D eigenvalue weighted by molar-refractivity contribution is 5.49. The molecule has 4 nitrogen and oxygen atoms in total. The maximum absolute atomic E-state index is 12.7. The highest BCUT2D eigenvalue weighted by Gasteiger charge is 2.31. The molecule has 2 rings (SSSR count). The van der Waals surface area contributed by atoms with Crippen molar-refractivity contribution in [1.82, 2.24) is 4.57 Å². The van der Waals surface area contributed by atoms with Gasteiger partial charge >= 0.3 is 6.18 Å². The second-order valence-electron chi connectivity index (χ2n) is 4.16. The fraction of sp³-hybridized carbons (Fsp3) is 0.214. The van der Waals surface area contributed by atoms with Crippen LogP contribution in [0.3, 0.4) is 0 Å². The first-order valence-corrected chi connectivity index (χ1v) is 5.89. The third-order valence-electron chi connectivity index (χ3n) is 2.88. The Morgan fingerprint density at radius 3 is 2.24 bits per heavy atom. The lowest BCUT2D eigenvalue weighted by atomic mass is 10.2. The monoisotopic (exact) mass is 299 g/mol. The van der Waals surface area contributed by atoms with Gasteiger partial charge in [0.05, 0.1) is 25.5 Å². The summed E-state index contributed by atoms with van der Waals surface area (Å²) in [4.78, 5) is 11.8. The number of ether oxygens (including phenoxy) is 2. The summed E-state index contributed by atoms with van der Waals surface area (Å²) in [5.74, 6) is 0.737. The standard InChI is InChI=1S/C14H12F3NO3/c1-20-11-5-4-10(7-12(11)21-2)18-8-9(14(15,16)17)3-6-13(18)19/h3-8H,1-2H3. The number of benzene rings is 1. The van der Waals surface area contributed by atoms with E-state index >= 15 is 0 Å². The molecule has 0 N–H and O–H groups in total. The van der Waals surface area contributed by atoms with Crippen LogP contribution in [0.25, 0.3) is 5.69 Å². The van der Waals surface area contributed by atoms with Crippen LogP contribution in [0.2, 0.25) is 0 Å². The van der Waals surface area contributed by atoms with Crippen LogP contribution in [0.15, 0.2) is 41.3 Å². The molecule has 112 valence electrons. The smallest absolute Gasteiger partial charge is 0.417 e. The highest BCUT2D eigenvalue weighted by atomic mass is 19.4. The highest BCUT2D eigenvalue weighted by Crippen LogP contribution is 2.31. The molecular formula is C14H12F3NO3. The van der Waals surface area contributed by atoms with Crippen LogP contribution in [0.1, 0.15) is 5.56 Å². The van der Waals surface area contributed by atoms with Gasteiger partial charge in [-0.1, -0.05) is 0 Å². The van der Waals surface area contributed by atoms with E-state index in [4.69, 9.17) is 9.47 Å². The molecule has 2 aromatic rings. The number of rotatable bonds is 3. The summed E-state index contributed by atoms with van der Waals surface area (Å²) in [6.07, 6.45) is -3.77. The van der Waals surface area contributed by atoms with Crippen molar-refractivity contribution in [2.45, 2.75) is 6.18 Å². The Kier molecular flexibility index (Phi) is 3.93. The number of nitrogens with zero attached hydrogens (tertiary/aromatic N) is 1. The molecule has 0 bridgehead atoms. The van der Waals surface area contributed by atoms with Crippen molar-refractivity contribution in [1.29, 1.82) is 0 Å². The molecular weight excluding hydrogens is 287 g/mol. The van der Waals surface area contributed by atoms with Gasteiger partial charge in [-0.3, -0.25) is 9.36 Å². The molecule has 1 aromatic carbocycles. The van der Waals surface area contributed by atoms with Crippen LogP contribution in [0, 0.1) is 0 Å². The normalized spacial score (nSPS) is 11.3. The zero-order valence-electron chi connectivity index (χ0n) is 11.3. The summed E-state index contributed by atoms with van der Waals surface area (Å²) in [7, 11) is 2.84. The van der Waals surface area contributed by atoms with Gasteiger partial charge in [0.1, 0.15) is 0 Å². The molecule has 0 saturated carbocycles. The Morgan fingerprint density at radius 1 is 1.00 bits per heavy atom. The van der Waals surface area contributed by atoms with E-state index in [1.165, 1.54) is 32.4 Å². The molecule has 7 heteroatoms. The molecule has 1 heterocycles. The molecule has 0 spiro atoms. The first kappa shape index (κ1) is 15.0. The first-order chi connectivity index (χ1) is 9.86. The number of halogens is 3. The maximum atomic E-state index is 12.7. The minimum Gasteiger partial charge on any atom is -0.493 e. The Hall–Kier alpha value is -2.44.